The number of halogens is 2. The molecule has 2 N–H and O–H groups in total. The minimum absolute atomic E-state index is 0.0166. The quantitative estimate of drug-likeness (QED) is 0.283. The van der Waals surface area contributed by atoms with Crippen molar-refractivity contribution in [1.82, 2.24) is 35.4 Å². The fraction of sp³-hybridized carbons (Fsp3) is 0.535. The number of nitrogens with one attached hydrogen (secondary N) is 2. The summed E-state index contributed by atoms with van der Waals surface area (Å²) in [7, 11) is 0. The molecule has 15 nitrogen and oxygen atoms in total. The SMILES string of the molecule is N#Cc1ccc(O[C@H]2CC[C@H](NC(=O)c3cn([C@H]4CC[C@H](CN5CCC6(CC5)CN(c5cc7c(cc5F)C(=O)N(C5CCC(=O)NC5=O)C7=O)C6)CC4)nn3)CC2)cc1Cl. The predicted molar refractivity (Wildman–Crippen MR) is 215 cm³/mol. The van der Waals surface area contributed by atoms with Gasteiger partial charge in [0.1, 0.15) is 23.7 Å². The van der Waals surface area contributed by atoms with E-state index in [2.05, 4.69) is 31.9 Å². The zero-order valence-electron chi connectivity index (χ0n) is 33.2. The summed E-state index contributed by atoms with van der Waals surface area (Å²) in [6.45, 7) is 4.32. The molecular formula is C43H47ClFN9O6. The number of amides is 5. The second kappa shape index (κ2) is 16.2. The molecule has 60 heavy (non-hydrogen) atoms. The average Bonchev–Trinajstić information content (AvgIpc) is 3.81. The molecule has 314 valence electrons. The summed E-state index contributed by atoms with van der Waals surface area (Å²) in [4.78, 5) is 68.9. The second-order valence-corrected chi connectivity index (χ2v) is 17.9. The lowest BCUT2D eigenvalue weighted by atomic mass is 9.71. The van der Waals surface area contributed by atoms with E-state index in [1.54, 1.807) is 24.4 Å². The van der Waals surface area contributed by atoms with Crippen molar-refractivity contribution in [1.29, 1.82) is 5.26 Å². The van der Waals surface area contributed by atoms with Crippen molar-refractivity contribution in [3.63, 3.8) is 0 Å². The van der Waals surface area contributed by atoms with Gasteiger partial charge in [-0.1, -0.05) is 16.8 Å². The first-order valence-electron chi connectivity index (χ1n) is 21.1. The first kappa shape index (κ1) is 40.0. The van der Waals surface area contributed by atoms with Crippen molar-refractivity contribution in [2.24, 2.45) is 11.3 Å². The number of aromatic nitrogens is 3. The van der Waals surface area contributed by atoms with Crippen LogP contribution in [-0.2, 0) is 9.59 Å². The number of nitrogens with zero attached hydrogens (tertiary/aromatic N) is 7. The normalized spacial score (nSPS) is 26.6. The van der Waals surface area contributed by atoms with E-state index in [0.29, 0.717) is 46.7 Å². The number of nitriles is 1. The summed E-state index contributed by atoms with van der Waals surface area (Å²) in [5.74, 6) is -2.05. The number of rotatable bonds is 9. The summed E-state index contributed by atoms with van der Waals surface area (Å²) in [6.07, 6.45) is 11.1. The van der Waals surface area contributed by atoms with Gasteiger partial charge in [0, 0.05) is 43.6 Å². The molecule has 1 spiro atoms. The zero-order valence-corrected chi connectivity index (χ0v) is 34.0. The highest BCUT2D eigenvalue weighted by atomic mass is 35.5. The van der Waals surface area contributed by atoms with Crippen molar-refractivity contribution in [3.8, 4) is 11.8 Å². The number of ether oxygens (including phenoxy) is 1. The first-order valence-corrected chi connectivity index (χ1v) is 21.4. The van der Waals surface area contributed by atoms with Gasteiger partial charge in [0.15, 0.2) is 5.69 Å². The summed E-state index contributed by atoms with van der Waals surface area (Å²) in [5.41, 5.74) is 1.15. The first-order chi connectivity index (χ1) is 29.0. The number of imide groups is 2. The molecule has 5 amide bonds. The maximum Gasteiger partial charge on any atom is 0.273 e. The molecule has 6 aliphatic rings. The molecule has 0 bridgehead atoms. The van der Waals surface area contributed by atoms with Gasteiger partial charge in [-0.2, -0.15) is 5.26 Å². The molecule has 5 fully saturated rings. The third-order valence-corrected chi connectivity index (χ3v) is 14.0. The Labute approximate surface area is 351 Å². The third kappa shape index (κ3) is 7.85. The van der Waals surface area contributed by atoms with E-state index >= 15 is 4.39 Å². The van der Waals surface area contributed by atoms with Crippen molar-refractivity contribution < 1.29 is 33.1 Å². The van der Waals surface area contributed by atoms with Crippen LogP contribution in [0.15, 0.2) is 36.5 Å². The van der Waals surface area contributed by atoms with Crippen LogP contribution in [0.4, 0.5) is 10.1 Å². The molecule has 3 saturated heterocycles. The van der Waals surface area contributed by atoms with Crippen LogP contribution in [0, 0.1) is 28.5 Å². The van der Waals surface area contributed by atoms with Crippen LogP contribution in [-0.4, -0.2) is 105 Å². The summed E-state index contributed by atoms with van der Waals surface area (Å²) in [6, 6.07) is 8.84. The molecule has 2 saturated carbocycles. The number of fused-ring (bicyclic) bond motifs is 1. The van der Waals surface area contributed by atoms with Gasteiger partial charge in [0.05, 0.1) is 45.7 Å². The molecule has 0 radical (unpaired) electrons. The average molecular weight is 840 g/mol. The fourth-order valence-corrected chi connectivity index (χ4v) is 10.3. The van der Waals surface area contributed by atoms with E-state index in [9.17, 15) is 24.0 Å². The molecule has 5 heterocycles. The van der Waals surface area contributed by atoms with Gasteiger partial charge in [-0.15, -0.1) is 5.10 Å². The van der Waals surface area contributed by atoms with Gasteiger partial charge in [-0.3, -0.25) is 34.2 Å². The van der Waals surface area contributed by atoms with Crippen molar-refractivity contribution in [3.05, 3.63) is 69.8 Å². The second-order valence-electron chi connectivity index (χ2n) is 17.5. The van der Waals surface area contributed by atoms with Crippen LogP contribution >= 0.6 is 11.6 Å². The monoisotopic (exact) mass is 839 g/mol. The van der Waals surface area contributed by atoms with Gasteiger partial charge in [-0.25, -0.2) is 9.07 Å². The lowest BCUT2D eigenvalue weighted by Gasteiger charge is -2.55. The number of carbonyl (C=O) groups excluding carboxylic acids is 5. The standard InChI is InChI=1S/C43H47ClFN9O6/c44-33-17-30(8-3-26(33)20-46)60-29-9-4-27(5-10-29)47-39(56)35-22-53(50-49-35)28-6-1-25(2-7-28)21-51-15-13-43(14-16-51)23-52(24-43)37-19-32-31(18-34(37)45)41(58)54(42(32)59)36-11-12-38(55)48-40(36)57/h3,8,17-19,22,25,27-29,36H,1-2,4-7,9-16,21,23-24H2,(H,47,56)(H,48,55,57)/t25-,27-,28-,29-,36?. The maximum absolute atomic E-state index is 15.4. The number of benzene rings is 2. The lowest BCUT2D eigenvalue weighted by Crippen LogP contribution is -2.61. The lowest BCUT2D eigenvalue weighted by molar-refractivity contribution is -0.136. The zero-order chi connectivity index (χ0) is 41.7. The Morgan fingerprint density at radius 3 is 2.37 bits per heavy atom. The van der Waals surface area contributed by atoms with Gasteiger partial charge in [-0.05, 0) is 114 Å². The molecular weight excluding hydrogens is 793 g/mol. The molecule has 2 aromatic carbocycles. The van der Waals surface area contributed by atoms with Gasteiger partial charge < -0.3 is 19.9 Å². The van der Waals surface area contributed by atoms with Gasteiger partial charge in [0.2, 0.25) is 11.8 Å². The maximum atomic E-state index is 15.4. The predicted octanol–water partition coefficient (Wildman–Crippen LogP) is 4.80. The van der Waals surface area contributed by atoms with E-state index < -0.39 is 35.5 Å². The number of carbonyl (C=O) groups is 5. The minimum Gasteiger partial charge on any atom is -0.490 e. The Hall–Kier alpha value is -5.40. The molecule has 2 aliphatic carbocycles. The molecule has 9 rings (SSSR count). The Balaban J connectivity index is 0.696. The minimum atomic E-state index is -1.09. The number of hydrogen-bond donors (Lipinski definition) is 2. The smallest absolute Gasteiger partial charge is 0.273 e. The van der Waals surface area contributed by atoms with Crippen molar-refractivity contribution in [2.75, 3.05) is 37.6 Å². The third-order valence-electron chi connectivity index (χ3n) is 13.6. The molecule has 1 unspecified atom stereocenters. The van der Waals surface area contributed by atoms with Crippen LogP contribution in [0.2, 0.25) is 5.02 Å². The van der Waals surface area contributed by atoms with Gasteiger partial charge >= 0.3 is 0 Å². The Kier molecular flexibility index (Phi) is 10.8. The topological polar surface area (TPSA) is 183 Å². The number of anilines is 1. The summed E-state index contributed by atoms with van der Waals surface area (Å²) in [5, 5.41) is 23.4. The Morgan fingerprint density at radius 2 is 1.68 bits per heavy atom. The van der Waals surface area contributed by atoms with Crippen LogP contribution in [0.3, 0.4) is 0 Å². The van der Waals surface area contributed by atoms with E-state index in [4.69, 9.17) is 21.6 Å². The van der Waals surface area contributed by atoms with E-state index in [1.165, 1.54) is 6.07 Å². The molecule has 3 aromatic rings. The molecule has 1 atom stereocenters. The summed E-state index contributed by atoms with van der Waals surface area (Å²) < 4.78 is 23.4. The van der Waals surface area contributed by atoms with Crippen molar-refractivity contribution >= 4 is 46.8 Å². The molecule has 1 aromatic heterocycles. The van der Waals surface area contributed by atoms with E-state index in [1.807, 2.05) is 9.58 Å². The number of hydrogen-bond acceptors (Lipinski definition) is 11. The largest absolute Gasteiger partial charge is 0.490 e. The van der Waals surface area contributed by atoms with E-state index in [-0.39, 0.29) is 53.5 Å². The van der Waals surface area contributed by atoms with Gasteiger partial charge in [0.25, 0.3) is 17.7 Å². The van der Waals surface area contributed by atoms with Crippen LogP contribution in [0.5, 0.6) is 5.75 Å². The molecule has 4 aliphatic heterocycles. The molecule has 17 heteroatoms. The van der Waals surface area contributed by atoms with E-state index in [0.717, 1.165) is 94.8 Å². The fourth-order valence-electron chi connectivity index (χ4n) is 10.1. The number of likely N-dealkylation sites (tertiary alicyclic amines) is 1. The van der Waals surface area contributed by atoms with Crippen LogP contribution in [0.1, 0.15) is 120 Å². The Bertz CT molecular complexity index is 2260. The number of piperidine rings is 2. The Morgan fingerprint density at radius 1 is 0.967 bits per heavy atom. The highest BCUT2D eigenvalue weighted by molar-refractivity contribution is 6.31. The summed E-state index contributed by atoms with van der Waals surface area (Å²) >= 11 is 6.15. The highest BCUT2D eigenvalue weighted by Crippen LogP contribution is 2.45. The van der Waals surface area contributed by atoms with Crippen LogP contribution < -0.4 is 20.3 Å². The van der Waals surface area contributed by atoms with Crippen molar-refractivity contribution in [2.45, 2.75) is 101 Å². The van der Waals surface area contributed by atoms with Crippen LogP contribution in [0.25, 0.3) is 0 Å². The highest BCUT2D eigenvalue weighted by Gasteiger charge is 2.48.